The molecule has 32 heavy (non-hydrogen) atoms. The molecule has 7 heteroatoms. The highest BCUT2D eigenvalue weighted by atomic mass is 16.5. The highest BCUT2D eigenvalue weighted by Crippen LogP contribution is 2.42. The van der Waals surface area contributed by atoms with E-state index in [-0.39, 0.29) is 17.4 Å². The van der Waals surface area contributed by atoms with Gasteiger partial charge in [0.2, 0.25) is 0 Å². The molecule has 1 atom stereocenters. The van der Waals surface area contributed by atoms with Gasteiger partial charge in [-0.25, -0.2) is 0 Å². The van der Waals surface area contributed by atoms with Crippen LogP contribution in [0.15, 0.2) is 54.1 Å². The number of para-hydroxylation sites is 1. The maximum absolute atomic E-state index is 13.1. The first kappa shape index (κ1) is 23.3. The SMILES string of the molecule is COc1ccccc1[C@@H]1C(=C(O)c2ccc(OC(C)C)cc2)C(=O)C(=O)N1CCN(C)C. The largest absolute Gasteiger partial charge is 0.507 e. The zero-order valence-corrected chi connectivity index (χ0v) is 19.2. The number of ketones is 1. The van der Waals surface area contributed by atoms with E-state index in [0.29, 0.717) is 35.7 Å². The number of benzene rings is 2. The van der Waals surface area contributed by atoms with E-state index < -0.39 is 17.7 Å². The monoisotopic (exact) mass is 438 g/mol. The smallest absolute Gasteiger partial charge is 0.295 e. The molecule has 2 aromatic carbocycles. The second-order valence-corrected chi connectivity index (χ2v) is 8.23. The number of aliphatic hydroxyl groups is 1. The molecule has 7 nitrogen and oxygen atoms in total. The number of methoxy groups -OCH3 is 1. The number of Topliss-reactive ketones (excluding diaryl/α,β-unsaturated/α-hetero) is 1. The first-order valence-corrected chi connectivity index (χ1v) is 10.6. The lowest BCUT2D eigenvalue weighted by Crippen LogP contribution is -2.35. The lowest BCUT2D eigenvalue weighted by atomic mass is 9.94. The highest BCUT2D eigenvalue weighted by molar-refractivity contribution is 6.46. The summed E-state index contributed by atoms with van der Waals surface area (Å²) in [6, 6.07) is 13.3. The quantitative estimate of drug-likeness (QED) is 0.386. The molecular weight excluding hydrogens is 408 g/mol. The van der Waals surface area contributed by atoms with Gasteiger partial charge in [0.05, 0.1) is 24.8 Å². The summed E-state index contributed by atoms with van der Waals surface area (Å²) in [6.07, 6.45) is 0.0158. The molecule has 1 saturated heterocycles. The Balaban J connectivity index is 2.12. The van der Waals surface area contributed by atoms with E-state index in [1.165, 1.54) is 12.0 Å². The average Bonchev–Trinajstić information content (AvgIpc) is 3.01. The molecule has 0 spiro atoms. The van der Waals surface area contributed by atoms with Crippen LogP contribution in [-0.4, -0.2) is 67.0 Å². The fourth-order valence-electron chi connectivity index (χ4n) is 3.75. The molecule has 0 radical (unpaired) electrons. The fourth-order valence-corrected chi connectivity index (χ4v) is 3.75. The number of likely N-dealkylation sites (tertiary alicyclic amines) is 1. The van der Waals surface area contributed by atoms with Crippen LogP contribution < -0.4 is 9.47 Å². The third-order valence-corrected chi connectivity index (χ3v) is 5.26. The molecule has 1 aliphatic heterocycles. The van der Waals surface area contributed by atoms with Crippen molar-refractivity contribution >= 4 is 17.4 Å². The maximum atomic E-state index is 13.1. The van der Waals surface area contributed by atoms with E-state index >= 15 is 0 Å². The van der Waals surface area contributed by atoms with Crippen LogP contribution in [0.25, 0.3) is 5.76 Å². The minimum absolute atomic E-state index is 0.0158. The van der Waals surface area contributed by atoms with Gasteiger partial charge in [-0.1, -0.05) is 18.2 Å². The summed E-state index contributed by atoms with van der Waals surface area (Å²) in [5, 5.41) is 11.2. The number of rotatable bonds is 8. The fraction of sp³-hybridized carbons (Fsp3) is 0.360. The summed E-state index contributed by atoms with van der Waals surface area (Å²) in [5.74, 6) is -0.364. The van der Waals surface area contributed by atoms with E-state index in [2.05, 4.69) is 0 Å². The van der Waals surface area contributed by atoms with Crippen molar-refractivity contribution in [1.82, 2.24) is 9.80 Å². The van der Waals surface area contributed by atoms with Gasteiger partial charge in [0, 0.05) is 24.2 Å². The van der Waals surface area contributed by atoms with Crippen LogP contribution in [0.3, 0.4) is 0 Å². The van der Waals surface area contributed by atoms with Crippen molar-refractivity contribution in [2.75, 3.05) is 34.3 Å². The normalized spacial score (nSPS) is 18.0. The van der Waals surface area contributed by atoms with E-state index in [9.17, 15) is 14.7 Å². The Bertz CT molecular complexity index is 1010. The van der Waals surface area contributed by atoms with Crippen molar-refractivity contribution < 1.29 is 24.2 Å². The third-order valence-electron chi connectivity index (χ3n) is 5.26. The zero-order valence-electron chi connectivity index (χ0n) is 19.2. The van der Waals surface area contributed by atoms with E-state index in [0.717, 1.165) is 0 Å². The summed E-state index contributed by atoms with van der Waals surface area (Å²) >= 11 is 0. The van der Waals surface area contributed by atoms with E-state index in [4.69, 9.17) is 9.47 Å². The molecule has 3 rings (SSSR count). The van der Waals surface area contributed by atoms with Crippen molar-refractivity contribution in [3.05, 3.63) is 65.2 Å². The number of carbonyl (C=O) groups excluding carboxylic acids is 2. The van der Waals surface area contributed by atoms with Gasteiger partial charge >= 0.3 is 0 Å². The first-order valence-electron chi connectivity index (χ1n) is 10.6. The summed E-state index contributed by atoms with van der Waals surface area (Å²) < 4.78 is 11.2. The molecule has 170 valence electrons. The molecule has 1 amide bonds. The van der Waals surface area contributed by atoms with Crippen LogP contribution in [0, 0.1) is 0 Å². The lowest BCUT2D eigenvalue weighted by molar-refractivity contribution is -0.140. The minimum atomic E-state index is -0.752. The zero-order chi connectivity index (χ0) is 23.4. The standard InChI is InChI=1S/C25H30N2O5/c1-16(2)32-18-12-10-17(11-13-18)23(28)21-22(19-8-6-7-9-20(19)31-5)27(15-14-26(3)4)25(30)24(21)29/h6-13,16,22,28H,14-15H2,1-5H3/t22-/m1/s1. The van der Waals surface area contributed by atoms with Crippen LogP contribution >= 0.6 is 0 Å². The molecular formula is C25H30N2O5. The predicted octanol–water partition coefficient (Wildman–Crippen LogP) is 3.47. The Morgan fingerprint density at radius 3 is 2.34 bits per heavy atom. The van der Waals surface area contributed by atoms with E-state index in [1.54, 1.807) is 30.3 Å². The number of ether oxygens (including phenoxy) is 2. The lowest BCUT2D eigenvalue weighted by Gasteiger charge is -2.27. The van der Waals surface area contributed by atoms with Crippen molar-refractivity contribution in [2.24, 2.45) is 0 Å². The molecule has 0 saturated carbocycles. The number of hydrogen-bond acceptors (Lipinski definition) is 6. The predicted molar refractivity (Wildman–Crippen MR) is 123 cm³/mol. The molecule has 1 fully saturated rings. The Morgan fingerprint density at radius 1 is 1.09 bits per heavy atom. The Hall–Kier alpha value is -3.32. The second kappa shape index (κ2) is 9.87. The summed E-state index contributed by atoms with van der Waals surface area (Å²) in [5.41, 5.74) is 1.14. The molecule has 1 aliphatic rings. The molecule has 0 aromatic heterocycles. The van der Waals surface area contributed by atoms with Crippen molar-refractivity contribution in [3.63, 3.8) is 0 Å². The number of nitrogens with zero attached hydrogens (tertiary/aromatic N) is 2. The molecule has 1 N–H and O–H groups in total. The van der Waals surface area contributed by atoms with Gasteiger partial charge in [-0.3, -0.25) is 9.59 Å². The van der Waals surface area contributed by atoms with Crippen molar-refractivity contribution in [3.8, 4) is 11.5 Å². The van der Waals surface area contributed by atoms with Gasteiger partial charge in [-0.2, -0.15) is 0 Å². The van der Waals surface area contributed by atoms with Crippen molar-refractivity contribution in [1.29, 1.82) is 0 Å². The van der Waals surface area contributed by atoms with Gasteiger partial charge in [0.15, 0.2) is 0 Å². The van der Waals surface area contributed by atoms with Crippen LogP contribution in [0.4, 0.5) is 0 Å². The van der Waals surface area contributed by atoms with Crippen LogP contribution in [0.2, 0.25) is 0 Å². The number of hydrogen-bond donors (Lipinski definition) is 1. The summed E-state index contributed by atoms with van der Waals surface area (Å²) in [6.45, 7) is 4.75. The average molecular weight is 439 g/mol. The van der Waals surface area contributed by atoms with Gasteiger partial charge in [0.25, 0.3) is 11.7 Å². The summed E-state index contributed by atoms with van der Waals surface area (Å²) in [4.78, 5) is 29.5. The molecule has 0 aliphatic carbocycles. The van der Waals surface area contributed by atoms with Gasteiger partial charge in [0.1, 0.15) is 17.3 Å². The van der Waals surface area contributed by atoms with Gasteiger partial charge < -0.3 is 24.4 Å². The van der Waals surface area contributed by atoms with E-state index in [1.807, 2.05) is 51.0 Å². The molecule has 0 bridgehead atoms. The van der Waals surface area contributed by atoms with Crippen LogP contribution in [0.1, 0.15) is 31.0 Å². The Morgan fingerprint density at radius 2 is 1.75 bits per heavy atom. The van der Waals surface area contributed by atoms with Crippen LogP contribution in [0.5, 0.6) is 11.5 Å². The third kappa shape index (κ3) is 4.78. The molecule has 1 heterocycles. The second-order valence-electron chi connectivity index (χ2n) is 8.23. The number of aliphatic hydroxyl groups excluding tert-OH is 1. The number of carbonyl (C=O) groups is 2. The highest BCUT2D eigenvalue weighted by Gasteiger charge is 2.46. The minimum Gasteiger partial charge on any atom is -0.507 e. The molecule has 2 aromatic rings. The maximum Gasteiger partial charge on any atom is 0.295 e. The number of likely N-dealkylation sites (N-methyl/N-ethyl adjacent to an activating group) is 1. The van der Waals surface area contributed by atoms with Crippen molar-refractivity contribution in [2.45, 2.75) is 26.0 Å². The number of amides is 1. The summed E-state index contributed by atoms with van der Waals surface area (Å²) in [7, 11) is 5.34. The molecule has 0 unspecified atom stereocenters. The van der Waals surface area contributed by atoms with Gasteiger partial charge in [-0.15, -0.1) is 0 Å². The Labute approximate surface area is 188 Å². The van der Waals surface area contributed by atoms with Gasteiger partial charge in [-0.05, 0) is 58.3 Å². The Kier molecular flexibility index (Phi) is 7.20. The van der Waals surface area contributed by atoms with Crippen LogP contribution in [-0.2, 0) is 9.59 Å². The first-order chi connectivity index (χ1) is 15.2. The topological polar surface area (TPSA) is 79.3 Å².